The van der Waals surface area contributed by atoms with Gasteiger partial charge in [0.1, 0.15) is 16.3 Å². The lowest BCUT2D eigenvalue weighted by Gasteiger charge is -2.34. The van der Waals surface area contributed by atoms with Crippen molar-refractivity contribution in [3.05, 3.63) is 53.2 Å². The number of amidine groups is 1. The van der Waals surface area contributed by atoms with E-state index in [0.717, 1.165) is 12.8 Å². The fraction of sp³-hybridized carbons (Fsp3) is 0.423. The first-order valence-electron chi connectivity index (χ1n) is 11.8. The van der Waals surface area contributed by atoms with Gasteiger partial charge >= 0.3 is 0 Å². The van der Waals surface area contributed by atoms with Crippen molar-refractivity contribution in [1.82, 2.24) is 15.3 Å². The van der Waals surface area contributed by atoms with E-state index in [9.17, 15) is 9.59 Å². The highest BCUT2D eigenvalue weighted by atomic mass is 32.2. The zero-order valence-corrected chi connectivity index (χ0v) is 20.8. The van der Waals surface area contributed by atoms with E-state index in [0.29, 0.717) is 17.5 Å². The fourth-order valence-corrected chi connectivity index (χ4v) is 6.07. The number of ether oxygens (including phenoxy) is 1. The van der Waals surface area contributed by atoms with Crippen molar-refractivity contribution in [2.24, 2.45) is 16.6 Å². The number of halogens is 1. The molecule has 3 N–H and O–H groups in total. The maximum absolute atomic E-state index is 15.1. The lowest BCUT2D eigenvalue weighted by Crippen LogP contribution is -2.44. The predicted octanol–water partition coefficient (Wildman–Crippen LogP) is 2.76. The third kappa shape index (κ3) is 4.44. The van der Waals surface area contributed by atoms with Gasteiger partial charge in [-0.25, -0.2) is 14.4 Å². The van der Waals surface area contributed by atoms with Gasteiger partial charge in [0.05, 0.1) is 17.9 Å². The lowest BCUT2D eigenvalue weighted by atomic mass is 9.84. The number of carbonyl (C=O) groups excluding carboxylic acids is 2. The molecule has 3 aliphatic rings. The van der Waals surface area contributed by atoms with Crippen LogP contribution < -0.4 is 15.8 Å². The van der Waals surface area contributed by atoms with Crippen LogP contribution >= 0.6 is 11.8 Å². The molecule has 2 saturated carbocycles. The topological polar surface area (TPSA) is 120 Å². The Morgan fingerprint density at radius 1 is 1.36 bits per heavy atom. The Hall–Kier alpha value is -3.45. The number of benzene rings is 1. The molecule has 0 spiro atoms. The Morgan fingerprint density at radius 2 is 2.14 bits per heavy atom. The standard InChI is InChI=1S/C26H26FN5O3S/c1-4-14(2)35-22-13-29-19(12-30-22)20(33)10-15-5-8-18(27)17(9-15)25(3)21-11-26(21,36-24(28)32-25)23(34)31-16-6-7-16/h1,5,8-9,12-14,16,21H,6-7,10-11H2,2-3H3,(H2,28,32)(H,31,34)/t14-,21-,25+,26-/m0/s1. The smallest absolute Gasteiger partial charge is 0.237 e. The molecule has 0 bridgehead atoms. The number of terminal acetylenes is 1. The molecule has 0 unspecified atom stereocenters. The molecule has 2 aliphatic carbocycles. The highest BCUT2D eigenvalue weighted by Gasteiger charge is 2.70. The minimum absolute atomic E-state index is 0.00900. The molecule has 1 aromatic carbocycles. The third-order valence-corrected chi connectivity index (χ3v) is 8.20. The number of aromatic nitrogens is 2. The molecular weight excluding hydrogens is 481 g/mol. The molecule has 1 amide bonds. The van der Waals surface area contributed by atoms with E-state index in [1.807, 2.05) is 6.92 Å². The van der Waals surface area contributed by atoms with Crippen LogP contribution in [0.15, 0.2) is 35.6 Å². The fourth-order valence-electron chi connectivity index (χ4n) is 4.69. The first-order valence-corrected chi connectivity index (χ1v) is 12.6. The molecule has 0 saturated heterocycles. The summed E-state index contributed by atoms with van der Waals surface area (Å²) in [5.41, 5.74) is 6.20. The summed E-state index contributed by atoms with van der Waals surface area (Å²) in [6.07, 6.45) is 9.99. The number of carbonyl (C=O) groups is 2. The number of hydrogen-bond acceptors (Lipinski definition) is 8. The van der Waals surface area contributed by atoms with Crippen molar-refractivity contribution in [2.75, 3.05) is 0 Å². The largest absolute Gasteiger partial charge is 0.460 e. The van der Waals surface area contributed by atoms with Crippen molar-refractivity contribution in [1.29, 1.82) is 0 Å². The van der Waals surface area contributed by atoms with Gasteiger partial charge < -0.3 is 15.8 Å². The first kappa shape index (κ1) is 24.3. The summed E-state index contributed by atoms with van der Waals surface area (Å²) in [7, 11) is 0. The highest BCUT2D eigenvalue weighted by Crippen LogP contribution is 2.66. The van der Waals surface area contributed by atoms with E-state index >= 15 is 4.39 Å². The Bertz CT molecular complexity index is 1310. The second-order valence-corrected chi connectivity index (χ2v) is 11.0. The first-order chi connectivity index (χ1) is 17.1. The van der Waals surface area contributed by atoms with Crippen LogP contribution in [0.25, 0.3) is 0 Å². The summed E-state index contributed by atoms with van der Waals surface area (Å²) in [4.78, 5) is 38.7. The highest BCUT2D eigenvalue weighted by molar-refractivity contribution is 8.15. The number of fused-ring (bicyclic) bond motifs is 1. The zero-order valence-electron chi connectivity index (χ0n) is 20.0. The number of aliphatic imine (C=N–C) groups is 1. The maximum atomic E-state index is 15.1. The van der Waals surface area contributed by atoms with E-state index in [1.165, 1.54) is 30.2 Å². The molecule has 1 aromatic heterocycles. The Labute approximate surface area is 212 Å². The van der Waals surface area contributed by atoms with Gasteiger partial charge in [-0.05, 0) is 50.8 Å². The number of nitrogens with one attached hydrogen (secondary N) is 1. The molecule has 4 atom stereocenters. The molecule has 2 fully saturated rings. The molecule has 186 valence electrons. The van der Waals surface area contributed by atoms with Gasteiger partial charge in [-0.3, -0.25) is 14.6 Å². The molecule has 36 heavy (non-hydrogen) atoms. The van der Waals surface area contributed by atoms with Crippen LogP contribution in [0.2, 0.25) is 0 Å². The van der Waals surface area contributed by atoms with Crippen LogP contribution in [0.1, 0.15) is 54.7 Å². The van der Waals surface area contributed by atoms with Crippen LogP contribution in [-0.2, 0) is 16.8 Å². The van der Waals surface area contributed by atoms with Gasteiger partial charge in [0.2, 0.25) is 11.8 Å². The van der Waals surface area contributed by atoms with Crippen LogP contribution in [0.4, 0.5) is 4.39 Å². The van der Waals surface area contributed by atoms with Gasteiger partial charge in [0.15, 0.2) is 17.1 Å². The van der Waals surface area contributed by atoms with E-state index in [1.54, 1.807) is 19.1 Å². The number of thioether (sulfide) groups is 1. The number of hydrogen-bond donors (Lipinski definition) is 2. The van der Waals surface area contributed by atoms with Crippen molar-refractivity contribution >= 4 is 28.6 Å². The number of amides is 1. The molecule has 0 radical (unpaired) electrons. The van der Waals surface area contributed by atoms with E-state index < -0.39 is 22.2 Å². The quantitative estimate of drug-likeness (QED) is 0.416. The summed E-state index contributed by atoms with van der Waals surface area (Å²) in [5.74, 6) is 1.65. The van der Waals surface area contributed by atoms with Crippen molar-refractivity contribution in [2.45, 2.75) is 62.0 Å². The Balaban J connectivity index is 1.36. The minimum Gasteiger partial charge on any atom is -0.460 e. The predicted molar refractivity (Wildman–Crippen MR) is 134 cm³/mol. The molecule has 5 rings (SSSR count). The van der Waals surface area contributed by atoms with Gasteiger partial charge in [-0.15, -0.1) is 6.42 Å². The second kappa shape index (κ2) is 8.89. The number of Topliss-reactive ketones (excluding diaryl/α,β-unsaturated/α-hetero) is 1. The van der Waals surface area contributed by atoms with Gasteiger partial charge in [-0.1, -0.05) is 23.7 Å². The summed E-state index contributed by atoms with van der Waals surface area (Å²) in [6.45, 7) is 3.50. The summed E-state index contributed by atoms with van der Waals surface area (Å²) in [6, 6.07) is 4.75. The molecule has 2 heterocycles. The SMILES string of the molecule is C#C[C@H](C)Oc1cnc(C(=O)Cc2ccc(F)c([C@@]3(C)N=C(N)S[C@@]4(C(=O)NC5CC5)C[C@H]43)c2)cn1. The average molecular weight is 508 g/mol. The summed E-state index contributed by atoms with van der Waals surface area (Å²) < 4.78 is 19.8. The molecule has 2 aromatic rings. The van der Waals surface area contributed by atoms with Crippen molar-refractivity contribution in [3.63, 3.8) is 0 Å². The Kier molecular flexibility index (Phi) is 5.99. The minimum atomic E-state index is -1.02. The van der Waals surface area contributed by atoms with Gasteiger partial charge in [-0.2, -0.15) is 0 Å². The molecule has 1 aliphatic heterocycles. The summed E-state index contributed by atoms with van der Waals surface area (Å²) in [5, 5.41) is 3.32. The summed E-state index contributed by atoms with van der Waals surface area (Å²) >= 11 is 1.26. The number of nitrogens with two attached hydrogens (primary N) is 1. The van der Waals surface area contributed by atoms with Crippen molar-refractivity contribution < 1.29 is 18.7 Å². The zero-order chi connectivity index (χ0) is 25.7. The number of nitrogens with zero attached hydrogens (tertiary/aromatic N) is 3. The molecule has 8 nitrogen and oxygen atoms in total. The monoisotopic (exact) mass is 507 g/mol. The lowest BCUT2D eigenvalue weighted by molar-refractivity contribution is -0.121. The van der Waals surface area contributed by atoms with Crippen LogP contribution in [-0.4, -0.2) is 43.7 Å². The maximum Gasteiger partial charge on any atom is 0.237 e. The van der Waals surface area contributed by atoms with E-state index in [-0.39, 0.29) is 46.8 Å². The van der Waals surface area contributed by atoms with Gasteiger partial charge in [0, 0.05) is 23.9 Å². The van der Waals surface area contributed by atoms with Crippen molar-refractivity contribution in [3.8, 4) is 18.2 Å². The Morgan fingerprint density at radius 3 is 2.81 bits per heavy atom. The van der Waals surface area contributed by atoms with E-state index in [2.05, 4.69) is 26.2 Å². The van der Waals surface area contributed by atoms with Crippen LogP contribution in [0.3, 0.4) is 0 Å². The van der Waals surface area contributed by atoms with Gasteiger partial charge in [0.25, 0.3) is 0 Å². The third-order valence-electron chi connectivity index (χ3n) is 6.90. The normalized spacial score (nSPS) is 27.2. The number of ketones is 1. The average Bonchev–Trinajstić information content (AvgIpc) is 3.77. The second-order valence-electron chi connectivity index (χ2n) is 9.67. The molecule has 10 heteroatoms. The van der Waals surface area contributed by atoms with Crippen LogP contribution in [0.5, 0.6) is 5.88 Å². The van der Waals surface area contributed by atoms with E-state index in [4.69, 9.17) is 16.9 Å². The molecular formula is C26H26FN5O3S. The number of rotatable bonds is 8. The van der Waals surface area contributed by atoms with Crippen LogP contribution in [0, 0.1) is 24.1 Å².